The summed E-state index contributed by atoms with van der Waals surface area (Å²) in [6.45, 7) is 2.20. The third-order valence-corrected chi connectivity index (χ3v) is 2.81. The van der Waals surface area contributed by atoms with Crippen LogP contribution < -0.4 is 5.32 Å². The molecular weight excluding hydrogens is 178 g/mol. The van der Waals surface area contributed by atoms with Gasteiger partial charge >= 0.3 is 5.97 Å². The van der Waals surface area contributed by atoms with Gasteiger partial charge in [-0.15, -0.1) is 0 Å². The summed E-state index contributed by atoms with van der Waals surface area (Å²) in [6, 6.07) is 0. The molecule has 0 aromatic heterocycles. The van der Waals surface area contributed by atoms with Crippen molar-refractivity contribution in [2.75, 3.05) is 7.11 Å². The average molecular weight is 197 g/mol. The maximum Gasteiger partial charge on any atom is 0.331 e. The molecule has 1 N–H and O–H groups in total. The molecule has 0 spiro atoms. The van der Waals surface area contributed by atoms with Crippen LogP contribution in [0, 0.1) is 0 Å². The zero-order valence-corrected chi connectivity index (χ0v) is 9.01. The van der Waals surface area contributed by atoms with E-state index in [-0.39, 0.29) is 11.5 Å². The fourth-order valence-corrected chi connectivity index (χ4v) is 1.86. The first kappa shape index (κ1) is 11.1. The van der Waals surface area contributed by atoms with Gasteiger partial charge in [-0.3, -0.25) is 0 Å². The first-order valence-corrected chi connectivity index (χ1v) is 5.18. The lowest BCUT2D eigenvalue weighted by atomic mass is 9.83. The zero-order valence-electron chi connectivity index (χ0n) is 9.01. The number of nitrogens with one attached hydrogen (secondary N) is 1. The van der Waals surface area contributed by atoms with Crippen LogP contribution in [-0.2, 0) is 9.53 Å². The molecule has 1 fully saturated rings. The highest BCUT2D eigenvalue weighted by Gasteiger charge is 2.24. The summed E-state index contributed by atoms with van der Waals surface area (Å²) < 4.78 is 4.51. The maximum atomic E-state index is 10.8. The third kappa shape index (κ3) is 3.40. The van der Waals surface area contributed by atoms with E-state index in [0.29, 0.717) is 0 Å². The van der Waals surface area contributed by atoms with Crippen molar-refractivity contribution in [3.8, 4) is 0 Å². The molecule has 0 radical (unpaired) electrons. The predicted molar refractivity (Wildman–Crippen MR) is 55.8 cm³/mol. The normalized spacial score (nSPS) is 20.7. The van der Waals surface area contributed by atoms with Crippen LogP contribution in [0.4, 0.5) is 0 Å². The van der Waals surface area contributed by atoms with Gasteiger partial charge in [0.25, 0.3) is 0 Å². The van der Waals surface area contributed by atoms with Crippen LogP contribution in [0.3, 0.4) is 0 Å². The number of ether oxygens (including phenoxy) is 1. The molecule has 1 rings (SSSR count). The number of carbonyl (C=O) groups is 1. The molecule has 0 aromatic carbocycles. The monoisotopic (exact) mass is 197 g/mol. The van der Waals surface area contributed by atoms with E-state index in [2.05, 4.69) is 17.0 Å². The fraction of sp³-hybridized carbons (Fsp3) is 0.727. The Morgan fingerprint density at radius 3 is 2.57 bits per heavy atom. The van der Waals surface area contributed by atoms with Gasteiger partial charge in [-0.1, -0.05) is 19.3 Å². The van der Waals surface area contributed by atoms with Crippen molar-refractivity contribution in [3.05, 3.63) is 12.3 Å². The van der Waals surface area contributed by atoms with Crippen molar-refractivity contribution in [1.29, 1.82) is 0 Å². The van der Waals surface area contributed by atoms with E-state index >= 15 is 0 Å². The van der Waals surface area contributed by atoms with Crippen molar-refractivity contribution in [2.24, 2.45) is 0 Å². The molecule has 1 aliphatic carbocycles. The molecule has 0 atom stereocenters. The van der Waals surface area contributed by atoms with E-state index in [4.69, 9.17) is 0 Å². The Balaban J connectivity index is 2.35. The second-order valence-corrected chi connectivity index (χ2v) is 4.12. The van der Waals surface area contributed by atoms with Crippen molar-refractivity contribution < 1.29 is 9.53 Å². The van der Waals surface area contributed by atoms with Crippen LogP contribution in [0.15, 0.2) is 12.3 Å². The van der Waals surface area contributed by atoms with Gasteiger partial charge in [-0.25, -0.2) is 4.79 Å². The Hall–Kier alpha value is -0.990. The molecule has 0 heterocycles. The minimum Gasteiger partial charge on any atom is -0.466 e. The van der Waals surface area contributed by atoms with Crippen LogP contribution in [0.25, 0.3) is 0 Å². The average Bonchev–Trinajstić information content (AvgIpc) is 2.18. The Kier molecular flexibility index (Phi) is 3.98. The summed E-state index contributed by atoms with van der Waals surface area (Å²) >= 11 is 0. The number of hydrogen-bond acceptors (Lipinski definition) is 3. The minimum atomic E-state index is -0.308. The first-order valence-electron chi connectivity index (χ1n) is 5.18. The minimum absolute atomic E-state index is 0.169. The number of esters is 1. The molecule has 3 nitrogen and oxygen atoms in total. The molecule has 14 heavy (non-hydrogen) atoms. The van der Waals surface area contributed by atoms with Crippen LogP contribution in [0.5, 0.6) is 0 Å². The quantitative estimate of drug-likeness (QED) is 0.555. The number of hydrogen-bond donors (Lipinski definition) is 1. The Labute approximate surface area is 85.5 Å². The molecule has 0 bridgehead atoms. The lowest BCUT2D eigenvalue weighted by Gasteiger charge is -2.34. The van der Waals surface area contributed by atoms with E-state index < -0.39 is 0 Å². The number of rotatable bonds is 3. The number of carbonyl (C=O) groups excluding carboxylic acids is 1. The Morgan fingerprint density at radius 2 is 2.00 bits per heavy atom. The molecule has 0 amide bonds. The van der Waals surface area contributed by atoms with Gasteiger partial charge < -0.3 is 10.1 Å². The standard InChI is InChI=1S/C11H19NO2/c1-11(7-4-3-5-8-11)12-9-6-10(13)14-2/h6,9,12H,3-5,7-8H2,1-2H3/b9-6+. The molecule has 3 heteroatoms. The van der Waals surface area contributed by atoms with Gasteiger partial charge in [0, 0.05) is 17.8 Å². The van der Waals surface area contributed by atoms with E-state index in [1.165, 1.54) is 45.3 Å². The van der Waals surface area contributed by atoms with E-state index in [1.54, 1.807) is 6.20 Å². The van der Waals surface area contributed by atoms with Gasteiger partial charge in [0.2, 0.25) is 0 Å². The number of methoxy groups -OCH3 is 1. The Bertz CT molecular complexity index is 217. The smallest absolute Gasteiger partial charge is 0.331 e. The highest BCUT2D eigenvalue weighted by atomic mass is 16.5. The van der Waals surface area contributed by atoms with Crippen molar-refractivity contribution in [2.45, 2.75) is 44.6 Å². The highest BCUT2D eigenvalue weighted by Crippen LogP contribution is 2.27. The maximum absolute atomic E-state index is 10.8. The van der Waals surface area contributed by atoms with Gasteiger partial charge in [-0.2, -0.15) is 0 Å². The van der Waals surface area contributed by atoms with E-state index in [1.807, 2.05) is 0 Å². The molecule has 0 saturated heterocycles. The van der Waals surface area contributed by atoms with E-state index in [0.717, 1.165) is 0 Å². The lowest BCUT2D eigenvalue weighted by molar-refractivity contribution is -0.134. The van der Waals surface area contributed by atoms with Crippen LogP contribution >= 0.6 is 0 Å². The topological polar surface area (TPSA) is 38.3 Å². The molecule has 0 aromatic rings. The van der Waals surface area contributed by atoms with Crippen LogP contribution in [-0.4, -0.2) is 18.6 Å². The van der Waals surface area contributed by atoms with Gasteiger partial charge in [-0.05, 0) is 19.8 Å². The predicted octanol–water partition coefficient (Wildman–Crippen LogP) is 1.99. The summed E-state index contributed by atoms with van der Waals surface area (Å²) in [7, 11) is 1.38. The van der Waals surface area contributed by atoms with Gasteiger partial charge in [0.1, 0.15) is 0 Å². The van der Waals surface area contributed by atoms with Crippen molar-refractivity contribution in [1.82, 2.24) is 5.32 Å². The van der Waals surface area contributed by atoms with Crippen molar-refractivity contribution >= 4 is 5.97 Å². The third-order valence-electron chi connectivity index (χ3n) is 2.81. The molecule has 1 saturated carbocycles. The summed E-state index contributed by atoms with van der Waals surface area (Å²) in [6.07, 6.45) is 9.37. The van der Waals surface area contributed by atoms with E-state index in [9.17, 15) is 4.79 Å². The molecule has 0 unspecified atom stereocenters. The Morgan fingerprint density at radius 1 is 1.36 bits per heavy atom. The van der Waals surface area contributed by atoms with Gasteiger partial charge in [0.05, 0.1) is 7.11 Å². The summed E-state index contributed by atoms with van der Waals surface area (Å²) in [5.74, 6) is -0.308. The fourth-order valence-electron chi connectivity index (χ4n) is 1.86. The second-order valence-electron chi connectivity index (χ2n) is 4.12. The highest BCUT2D eigenvalue weighted by molar-refractivity contribution is 5.81. The first-order chi connectivity index (χ1) is 6.66. The van der Waals surface area contributed by atoms with Crippen LogP contribution in [0.2, 0.25) is 0 Å². The summed E-state index contributed by atoms with van der Waals surface area (Å²) in [5, 5.41) is 3.28. The summed E-state index contributed by atoms with van der Waals surface area (Å²) in [4.78, 5) is 10.8. The van der Waals surface area contributed by atoms with Crippen LogP contribution in [0.1, 0.15) is 39.0 Å². The molecular formula is C11H19NO2. The van der Waals surface area contributed by atoms with Gasteiger partial charge in [0.15, 0.2) is 0 Å². The van der Waals surface area contributed by atoms with Crippen molar-refractivity contribution in [3.63, 3.8) is 0 Å². The second kappa shape index (κ2) is 5.03. The lowest BCUT2D eigenvalue weighted by Crippen LogP contribution is -2.40. The molecule has 0 aliphatic heterocycles. The molecule has 1 aliphatic rings. The largest absolute Gasteiger partial charge is 0.466 e. The summed E-state index contributed by atoms with van der Waals surface area (Å²) in [5.41, 5.74) is 0.169. The SMILES string of the molecule is COC(=O)/C=C/NC1(C)CCCCC1. The molecule has 80 valence electrons. The zero-order chi connectivity index (χ0) is 10.4.